The number of para-hydroxylation sites is 1. The minimum Gasteiger partial charge on any atom is -0.496 e. The van der Waals surface area contributed by atoms with Gasteiger partial charge in [0.05, 0.1) is 44.9 Å². The number of benzene rings is 2. The normalized spacial score (nSPS) is 13.6. The van der Waals surface area contributed by atoms with Crippen molar-refractivity contribution in [1.82, 2.24) is 0 Å². The number of carbonyl (C=O) groups excluding carboxylic acids is 1. The lowest BCUT2D eigenvalue weighted by Crippen LogP contribution is -2.36. The van der Waals surface area contributed by atoms with Gasteiger partial charge in [-0.15, -0.1) is 0 Å². The summed E-state index contributed by atoms with van der Waals surface area (Å²) >= 11 is 0. The second kappa shape index (κ2) is 11.5. The molecule has 2 aromatic rings. The van der Waals surface area contributed by atoms with Crippen LogP contribution in [0.2, 0.25) is 0 Å². The van der Waals surface area contributed by atoms with Crippen LogP contribution in [0.15, 0.2) is 36.4 Å². The average molecular weight is 429 g/mol. The fourth-order valence-electron chi connectivity index (χ4n) is 3.61. The summed E-state index contributed by atoms with van der Waals surface area (Å²) in [6.07, 6.45) is 0.922. The van der Waals surface area contributed by atoms with E-state index >= 15 is 0 Å². The van der Waals surface area contributed by atoms with Gasteiger partial charge < -0.3 is 29.2 Å². The SMILES string of the molecule is CCOc1cc(N2CCOCC2)c(OCC)cc1NC(=O)CCc1ccccc1OC. The van der Waals surface area contributed by atoms with Crippen LogP contribution in [0.25, 0.3) is 0 Å². The molecule has 1 saturated heterocycles. The second-order valence-corrected chi connectivity index (χ2v) is 7.14. The molecule has 0 aliphatic carbocycles. The van der Waals surface area contributed by atoms with Gasteiger partial charge in [0, 0.05) is 31.6 Å². The van der Waals surface area contributed by atoms with Crippen molar-refractivity contribution in [2.24, 2.45) is 0 Å². The predicted molar refractivity (Wildman–Crippen MR) is 122 cm³/mol. The van der Waals surface area contributed by atoms with Crippen molar-refractivity contribution in [3.63, 3.8) is 0 Å². The summed E-state index contributed by atoms with van der Waals surface area (Å²) < 4.78 is 22.6. The highest BCUT2D eigenvalue weighted by molar-refractivity contribution is 5.93. The van der Waals surface area contributed by atoms with E-state index in [1.54, 1.807) is 7.11 Å². The first-order valence-corrected chi connectivity index (χ1v) is 10.8. The van der Waals surface area contributed by atoms with Gasteiger partial charge in [-0.2, -0.15) is 0 Å². The molecule has 3 rings (SSSR count). The molecule has 7 nitrogen and oxygen atoms in total. The van der Waals surface area contributed by atoms with Crippen molar-refractivity contribution >= 4 is 17.3 Å². The van der Waals surface area contributed by atoms with Crippen molar-refractivity contribution < 1.29 is 23.7 Å². The molecule has 0 unspecified atom stereocenters. The molecule has 7 heteroatoms. The molecule has 0 saturated carbocycles. The van der Waals surface area contributed by atoms with E-state index in [1.165, 1.54) is 0 Å². The summed E-state index contributed by atoms with van der Waals surface area (Å²) in [5.74, 6) is 2.07. The molecule has 168 valence electrons. The van der Waals surface area contributed by atoms with E-state index in [4.69, 9.17) is 18.9 Å². The monoisotopic (exact) mass is 428 g/mol. The lowest BCUT2D eigenvalue weighted by Gasteiger charge is -2.31. The highest BCUT2D eigenvalue weighted by Gasteiger charge is 2.20. The molecule has 0 bridgehead atoms. The van der Waals surface area contributed by atoms with Crippen LogP contribution >= 0.6 is 0 Å². The Morgan fingerprint density at radius 3 is 2.45 bits per heavy atom. The van der Waals surface area contributed by atoms with Crippen molar-refractivity contribution in [1.29, 1.82) is 0 Å². The summed E-state index contributed by atoms with van der Waals surface area (Å²) in [4.78, 5) is 14.9. The molecule has 1 N–H and O–H groups in total. The fraction of sp³-hybridized carbons (Fsp3) is 0.458. The number of hydrogen-bond acceptors (Lipinski definition) is 6. The van der Waals surface area contributed by atoms with Gasteiger partial charge in [0.15, 0.2) is 0 Å². The van der Waals surface area contributed by atoms with E-state index in [9.17, 15) is 4.79 Å². The Bertz CT molecular complexity index is 865. The molecular formula is C24H32N2O5. The number of amides is 1. The number of nitrogens with one attached hydrogen (secondary N) is 1. The zero-order valence-electron chi connectivity index (χ0n) is 18.6. The van der Waals surface area contributed by atoms with Crippen LogP contribution in [0.3, 0.4) is 0 Å². The Morgan fingerprint density at radius 2 is 1.74 bits per heavy atom. The zero-order chi connectivity index (χ0) is 22.1. The number of nitrogens with zero attached hydrogens (tertiary/aromatic N) is 1. The largest absolute Gasteiger partial charge is 0.496 e. The minimum absolute atomic E-state index is 0.0894. The van der Waals surface area contributed by atoms with Crippen molar-refractivity contribution in [2.75, 3.05) is 56.8 Å². The lowest BCUT2D eigenvalue weighted by molar-refractivity contribution is -0.116. The molecule has 1 amide bonds. The van der Waals surface area contributed by atoms with Crippen molar-refractivity contribution in [3.05, 3.63) is 42.0 Å². The molecule has 1 heterocycles. The Kier molecular flexibility index (Phi) is 8.41. The maximum atomic E-state index is 12.7. The fourth-order valence-corrected chi connectivity index (χ4v) is 3.61. The van der Waals surface area contributed by atoms with Crippen molar-refractivity contribution in [3.8, 4) is 17.2 Å². The van der Waals surface area contributed by atoms with Gasteiger partial charge in [0.2, 0.25) is 5.91 Å². The van der Waals surface area contributed by atoms with E-state index in [1.807, 2.05) is 50.2 Å². The summed E-state index contributed by atoms with van der Waals surface area (Å²) in [6, 6.07) is 11.6. The first-order valence-electron chi connectivity index (χ1n) is 10.8. The van der Waals surface area contributed by atoms with E-state index in [-0.39, 0.29) is 5.91 Å². The van der Waals surface area contributed by atoms with Crippen LogP contribution in [-0.4, -0.2) is 52.5 Å². The molecular weight excluding hydrogens is 396 g/mol. The van der Waals surface area contributed by atoms with E-state index < -0.39 is 0 Å². The number of morpholine rings is 1. The van der Waals surface area contributed by atoms with Gasteiger partial charge in [-0.05, 0) is 31.9 Å². The Morgan fingerprint density at radius 1 is 1.03 bits per heavy atom. The summed E-state index contributed by atoms with van der Waals surface area (Å²) in [5.41, 5.74) is 2.58. The van der Waals surface area contributed by atoms with Crippen molar-refractivity contribution in [2.45, 2.75) is 26.7 Å². The lowest BCUT2D eigenvalue weighted by atomic mass is 10.1. The van der Waals surface area contributed by atoms with Crippen LogP contribution in [0.1, 0.15) is 25.8 Å². The first kappa shape index (κ1) is 22.7. The summed E-state index contributed by atoms with van der Waals surface area (Å²) in [7, 11) is 1.64. The molecule has 0 atom stereocenters. The third-order valence-electron chi connectivity index (χ3n) is 5.10. The smallest absolute Gasteiger partial charge is 0.224 e. The van der Waals surface area contributed by atoms with E-state index in [2.05, 4.69) is 10.2 Å². The minimum atomic E-state index is -0.0894. The van der Waals surface area contributed by atoms with E-state index in [0.717, 1.165) is 35.8 Å². The molecule has 1 aliphatic rings. The maximum absolute atomic E-state index is 12.7. The Labute approximate surface area is 184 Å². The number of methoxy groups -OCH3 is 1. The maximum Gasteiger partial charge on any atom is 0.224 e. The van der Waals surface area contributed by atoms with Crippen LogP contribution < -0.4 is 24.4 Å². The molecule has 1 aliphatic heterocycles. The topological polar surface area (TPSA) is 69.3 Å². The molecule has 0 radical (unpaired) electrons. The number of hydrogen-bond donors (Lipinski definition) is 1. The summed E-state index contributed by atoms with van der Waals surface area (Å²) in [6.45, 7) is 7.84. The van der Waals surface area contributed by atoms with Gasteiger partial charge in [-0.3, -0.25) is 4.79 Å². The second-order valence-electron chi connectivity index (χ2n) is 7.14. The molecule has 0 aromatic heterocycles. The highest BCUT2D eigenvalue weighted by atomic mass is 16.5. The number of anilines is 2. The predicted octanol–water partition coefficient (Wildman–Crippen LogP) is 3.90. The quantitative estimate of drug-likeness (QED) is 0.619. The molecule has 2 aromatic carbocycles. The highest BCUT2D eigenvalue weighted by Crippen LogP contribution is 2.39. The number of rotatable bonds is 10. The van der Waals surface area contributed by atoms with Gasteiger partial charge in [0.1, 0.15) is 17.2 Å². The van der Waals surface area contributed by atoms with Gasteiger partial charge >= 0.3 is 0 Å². The third-order valence-corrected chi connectivity index (χ3v) is 5.10. The van der Waals surface area contributed by atoms with Crippen LogP contribution in [-0.2, 0) is 16.0 Å². The summed E-state index contributed by atoms with van der Waals surface area (Å²) in [5, 5.41) is 3.00. The first-order chi connectivity index (χ1) is 15.2. The molecule has 1 fully saturated rings. The van der Waals surface area contributed by atoms with Gasteiger partial charge in [0.25, 0.3) is 0 Å². The number of carbonyl (C=O) groups is 1. The average Bonchev–Trinajstić information content (AvgIpc) is 2.80. The molecule has 31 heavy (non-hydrogen) atoms. The van der Waals surface area contributed by atoms with Gasteiger partial charge in [-0.1, -0.05) is 18.2 Å². The van der Waals surface area contributed by atoms with Crippen LogP contribution in [0.5, 0.6) is 17.2 Å². The molecule has 0 spiro atoms. The van der Waals surface area contributed by atoms with Gasteiger partial charge in [-0.25, -0.2) is 0 Å². The van der Waals surface area contributed by atoms with Crippen LogP contribution in [0.4, 0.5) is 11.4 Å². The number of aryl methyl sites for hydroxylation is 1. The third kappa shape index (κ3) is 6.04. The van der Waals surface area contributed by atoms with Crippen LogP contribution in [0, 0.1) is 0 Å². The Hall–Kier alpha value is -2.93. The Balaban J connectivity index is 1.78. The standard InChI is InChI=1S/C24H32N2O5/c1-4-30-22-17-20(26-12-14-29-15-13-26)23(31-5-2)16-19(22)25-24(27)11-10-18-8-6-7-9-21(18)28-3/h6-9,16-17H,4-5,10-15H2,1-3H3,(H,25,27). The van der Waals surface area contributed by atoms with E-state index in [0.29, 0.717) is 50.7 Å². The zero-order valence-corrected chi connectivity index (χ0v) is 18.6. The number of ether oxygens (including phenoxy) is 4.